The van der Waals surface area contributed by atoms with E-state index in [-0.39, 0.29) is 18.6 Å². The number of carbonyl (C=O) groups is 1. The summed E-state index contributed by atoms with van der Waals surface area (Å²) in [6.07, 6.45) is 6.78. The summed E-state index contributed by atoms with van der Waals surface area (Å²) in [5.41, 5.74) is 0.575. The molecule has 1 aliphatic carbocycles. The summed E-state index contributed by atoms with van der Waals surface area (Å²) < 4.78 is 10.5. The lowest BCUT2D eigenvalue weighted by atomic mass is 9.93. The van der Waals surface area contributed by atoms with Gasteiger partial charge < -0.3 is 14.8 Å². The molecule has 4 nitrogen and oxygen atoms in total. The predicted molar refractivity (Wildman–Crippen MR) is 72.7 cm³/mol. The molecule has 1 heterocycles. The van der Waals surface area contributed by atoms with Crippen LogP contribution in [0.15, 0.2) is 24.3 Å². The highest BCUT2D eigenvalue weighted by atomic mass is 35.5. The van der Waals surface area contributed by atoms with Crippen molar-refractivity contribution in [1.82, 2.24) is 0 Å². The van der Waals surface area contributed by atoms with E-state index in [0.29, 0.717) is 22.2 Å². The molecule has 1 amide bonds. The van der Waals surface area contributed by atoms with Crippen LogP contribution in [0.2, 0.25) is 5.02 Å². The van der Waals surface area contributed by atoms with Gasteiger partial charge in [-0.25, -0.2) is 0 Å². The summed E-state index contributed by atoms with van der Waals surface area (Å²) >= 11 is 6.13. The van der Waals surface area contributed by atoms with Crippen LogP contribution in [0.5, 0.6) is 11.5 Å². The largest absolute Gasteiger partial charge is 0.454 e. The van der Waals surface area contributed by atoms with Crippen molar-refractivity contribution in [2.75, 3.05) is 12.1 Å². The van der Waals surface area contributed by atoms with Gasteiger partial charge in [0.15, 0.2) is 11.5 Å². The van der Waals surface area contributed by atoms with Gasteiger partial charge in [-0.2, -0.15) is 0 Å². The van der Waals surface area contributed by atoms with Crippen LogP contribution in [-0.2, 0) is 4.79 Å². The van der Waals surface area contributed by atoms with Gasteiger partial charge in [-0.1, -0.05) is 23.8 Å². The third-order valence-electron chi connectivity index (χ3n) is 3.36. The smallest absolute Gasteiger partial charge is 0.231 e. The highest BCUT2D eigenvalue weighted by Gasteiger charge is 2.22. The number of halogens is 1. The Kier molecular flexibility index (Phi) is 3.34. The second-order valence-corrected chi connectivity index (χ2v) is 5.06. The molecule has 2 aliphatic rings. The Bertz CT molecular complexity index is 542. The van der Waals surface area contributed by atoms with Crippen molar-refractivity contribution in [2.45, 2.75) is 19.3 Å². The second kappa shape index (κ2) is 5.13. The molecule has 100 valence electrons. The Balaban J connectivity index is 1.76. The first-order chi connectivity index (χ1) is 9.24. The topological polar surface area (TPSA) is 47.6 Å². The van der Waals surface area contributed by atoms with Crippen LogP contribution >= 0.6 is 11.6 Å². The van der Waals surface area contributed by atoms with Gasteiger partial charge in [-0.15, -0.1) is 0 Å². The molecular formula is C14H14ClNO3. The molecule has 1 atom stereocenters. The maximum absolute atomic E-state index is 12.1. The van der Waals surface area contributed by atoms with E-state index >= 15 is 0 Å². The van der Waals surface area contributed by atoms with E-state index in [1.165, 1.54) is 0 Å². The number of anilines is 1. The lowest BCUT2D eigenvalue weighted by molar-refractivity contribution is -0.120. The first-order valence-corrected chi connectivity index (χ1v) is 6.67. The normalized spacial score (nSPS) is 20.4. The van der Waals surface area contributed by atoms with Crippen LogP contribution < -0.4 is 14.8 Å². The SMILES string of the molecule is O=C(Nc1cc2c(cc1Cl)OCO2)[C@@H]1CC=CCC1. The van der Waals surface area contributed by atoms with Crippen molar-refractivity contribution >= 4 is 23.2 Å². The highest BCUT2D eigenvalue weighted by Crippen LogP contribution is 2.39. The summed E-state index contributed by atoms with van der Waals surface area (Å²) in [6.45, 7) is 0.191. The minimum absolute atomic E-state index is 0.00474. The average Bonchev–Trinajstić information content (AvgIpc) is 2.87. The van der Waals surface area contributed by atoms with E-state index in [9.17, 15) is 4.79 Å². The Morgan fingerprint density at radius 3 is 2.79 bits per heavy atom. The number of benzene rings is 1. The number of carbonyl (C=O) groups excluding carboxylic acids is 1. The molecule has 0 saturated carbocycles. The standard InChI is InChI=1S/C14H14ClNO3/c15-10-6-12-13(19-8-18-12)7-11(10)16-14(17)9-4-2-1-3-5-9/h1-2,6-7,9H,3-5,8H2,(H,16,17)/t9-/m1/s1. The monoisotopic (exact) mass is 279 g/mol. The maximum Gasteiger partial charge on any atom is 0.231 e. The lowest BCUT2D eigenvalue weighted by Gasteiger charge is -2.17. The van der Waals surface area contributed by atoms with Crippen molar-refractivity contribution in [2.24, 2.45) is 5.92 Å². The Morgan fingerprint density at radius 2 is 2.05 bits per heavy atom. The number of ether oxygens (including phenoxy) is 2. The molecule has 1 aromatic rings. The number of fused-ring (bicyclic) bond motifs is 1. The van der Waals surface area contributed by atoms with E-state index in [0.717, 1.165) is 19.3 Å². The molecule has 0 spiro atoms. The Hall–Kier alpha value is -1.68. The zero-order chi connectivity index (χ0) is 13.2. The fourth-order valence-electron chi connectivity index (χ4n) is 2.28. The molecule has 1 aromatic carbocycles. The molecule has 0 aromatic heterocycles. The summed E-state index contributed by atoms with van der Waals surface area (Å²) in [4.78, 5) is 12.1. The van der Waals surface area contributed by atoms with Crippen molar-refractivity contribution in [3.63, 3.8) is 0 Å². The van der Waals surface area contributed by atoms with Gasteiger partial charge in [0.1, 0.15) is 0 Å². The first-order valence-electron chi connectivity index (χ1n) is 6.29. The van der Waals surface area contributed by atoms with Crippen LogP contribution in [0.4, 0.5) is 5.69 Å². The molecule has 0 fully saturated rings. The minimum atomic E-state index is 0.00474. The van der Waals surface area contributed by atoms with Gasteiger partial charge >= 0.3 is 0 Å². The number of hydrogen-bond acceptors (Lipinski definition) is 3. The predicted octanol–water partition coefficient (Wildman–Crippen LogP) is 3.36. The zero-order valence-electron chi connectivity index (χ0n) is 10.3. The minimum Gasteiger partial charge on any atom is -0.454 e. The summed E-state index contributed by atoms with van der Waals surface area (Å²) in [5, 5.41) is 3.33. The van der Waals surface area contributed by atoms with E-state index in [2.05, 4.69) is 17.5 Å². The third-order valence-corrected chi connectivity index (χ3v) is 3.67. The molecule has 0 radical (unpaired) electrons. The number of allylic oxidation sites excluding steroid dienone is 2. The number of rotatable bonds is 2. The second-order valence-electron chi connectivity index (χ2n) is 4.66. The summed E-state index contributed by atoms with van der Waals surface area (Å²) in [7, 11) is 0. The quantitative estimate of drug-likeness (QED) is 0.845. The number of nitrogens with one attached hydrogen (secondary N) is 1. The van der Waals surface area contributed by atoms with Crippen molar-refractivity contribution < 1.29 is 14.3 Å². The van der Waals surface area contributed by atoms with Gasteiger partial charge in [0.2, 0.25) is 12.7 Å². The molecule has 3 rings (SSSR count). The summed E-state index contributed by atoms with van der Waals surface area (Å²) in [5.74, 6) is 1.25. The fourth-order valence-corrected chi connectivity index (χ4v) is 2.48. The van der Waals surface area contributed by atoms with Crippen LogP contribution in [-0.4, -0.2) is 12.7 Å². The lowest BCUT2D eigenvalue weighted by Crippen LogP contribution is -2.23. The third kappa shape index (κ3) is 2.54. The maximum atomic E-state index is 12.1. The number of hydrogen-bond donors (Lipinski definition) is 1. The van der Waals surface area contributed by atoms with E-state index < -0.39 is 0 Å². The van der Waals surface area contributed by atoms with E-state index in [1.807, 2.05) is 0 Å². The first kappa shape index (κ1) is 12.4. The van der Waals surface area contributed by atoms with Crippen LogP contribution in [0.3, 0.4) is 0 Å². The van der Waals surface area contributed by atoms with Gasteiger partial charge in [0, 0.05) is 18.1 Å². The molecule has 1 N–H and O–H groups in total. The highest BCUT2D eigenvalue weighted by molar-refractivity contribution is 6.34. The van der Waals surface area contributed by atoms with Gasteiger partial charge in [0.05, 0.1) is 10.7 Å². The summed E-state index contributed by atoms with van der Waals surface area (Å²) in [6, 6.07) is 3.38. The number of amides is 1. The van der Waals surface area contributed by atoms with Crippen LogP contribution in [0.1, 0.15) is 19.3 Å². The zero-order valence-corrected chi connectivity index (χ0v) is 11.1. The molecular weight excluding hydrogens is 266 g/mol. The molecule has 19 heavy (non-hydrogen) atoms. The van der Waals surface area contributed by atoms with E-state index in [1.54, 1.807) is 12.1 Å². The van der Waals surface area contributed by atoms with Gasteiger partial charge in [-0.3, -0.25) is 4.79 Å². The van der Waals surface area contributed by atoms with Crippen LogP contribution in [0, 0.1) is 5.92 Å². The van der Waals surface area contributed by atoms with Crippen LogP contribution in [0.25, 0.3) is 0 Å². The molecule has 0 bridgehead atoms. The Labute approximate surface area is 116 Å². The Morgan fingerprint density at radius 1 is 1.26 bits per heavy atom. The molecule has 1 aliphatic heterocycles. The van der Waals surface area contributed by atoms with Gasteiger partial charge in [-0.05, 0) is 19.3 Å². The molecule has 0 saturated heterocycles. The van der Waals surface area contributed by atoms with E-state index in [4.69, 9.17) is 21.1 Å². The molecule has 0 unspecified atom stereocenters. The van der Waals surface area contributed by atoms with Crippen molar-refractivity contribution in [1.29, 1.82) is 0 Å². The van der Waals surface area contributed by atoms with Crippen molar-refractivity contribution in [3.05, 3.63) is 29.3 Å². The van der Waals surface area contributed by atoms with Gasteiger partial charge in [0.25, 0.3) is 0 Å². The molecule has 5 heteroatoms. The average molecular weight is 280 g/mol. The van der Waals surface area contributed by atoms with Crippen molar-refractivity contribution in [3.8, 4) is 11.5 Å². The fraction of sp³-hybridized carbons (Fsp3) is 0.357.